The summed E-state index contributed by atoms with van der Waals surface area (Å²) < 4.78 is 0. The number of carboxylic acids is 1. The second-order valence-electron chi connectivity index (χ2n) is 2.40. The van der Waals surface area contributed by atoms with E-state index in [4.69, 9.17) is 5.11 Å². The molecule has 2 N–H and O–H groups in total. The first-order valence-electron chi connectivity index (χ1n) is 3.61. The van der Waals surface area contributed by atoms with Gasteiger partial charge >= 0.3 is 5.97 Å². The van der Waals surface area contributed by atoms with Gasteiger partial charge in [0.25, 0.3) is 0 Å². The van der Waals surface area contributed by atoms with Crippen LogP contribution in [-0.4, -0.2) is 17.6 Å². The number of nitrogens with one attached hydrogen (secondary N) is 1. The van der Waals surface area contributed by atoms with Crippen molar-refractivity contribution in [1.29, 1.82) is 0 Å². The highest BCUT2D eigenvalue weighted by Crippen LogP contribution is 2.05. The molecule has 0 aliphatic carbocycles. The summed E-state index contributed by atoms with van der Waals surface area (Å²) in [6.07, 6.45) is 7.00. The Kier molecular flexibility index (Phi) is 2.72. The summed E-state index contributed by atoms with van der Waals surface area (Å²) in [6, 6.07) is 0. The van der Waals surface area contributed by atoms with E-state index in [1.807, 2.05) is 6.08 Å². The zero-order valence-electron chi connectivity index (χ0n) is 6.21. The lowest BCUT2D eigenvalue weighted by molar-refractivity contribution is -0.131. The van der Waals surface area contributed by atoms with Gasteiger partial charge in [-0.05, 0) is 12.8 Å². The van der Waals surface area contributed by atoms with E-state index < -0.39 is 5.97 Å². The summed E-state index contributed by atoms with van der Waals surface area (Å²) in [4.78, 5) is 10.2. The van der Waals surface area contributed by atoms with Crippen molar-refractivity contribution in [2.75, 3.05) is 6.54 Å². The molecule has 1 aliphatic heterocycles. The van der Waals surface area contributed by atoms with Gasteiger partial charge in [0.05, 0.1) is 0 Å². The summed E-state index contributed by atoms with van der Waals surface area (Å²) in [7, 11) is 0. The predicted octanol–water partition coefficient (Wildman–Crippen LogP) is 0.895. The molecule has 0 amide bonds. The molecule has 0 aromatic rings. The van der Waals surface area contributed by atoms with Crippen LogP contribution in [0.15, 0.2) is 23.9 Å². The molecule has 1 rings (SSSR count). The van der Waals surface area contributed by atoms with Crippen LogP contribution in [0.3, 0.4) is 0 Å². The van der Waals surface area contributed by atoms with E-state index in [1.165, 1.54) is 6.08 Å². The maximum absolute atomic E-state index is 10.2. The lowest BCUT2D eigenvalue weighted by Crippen LogP contribution is -2.12. The van der Waals surface area contributed by atoms with E-state index in [0.717, 1.165) is 25.1 Å². The van der Waals surface area contributed by atoms with Crippen molar-refractivity contribution in [3.05, 3.63) is 23.9 Å². The molecule has 0 spiro atoms. The molecular formula is C8H11NO2. The predicted molar refractivity (Wildman–Crippen MR) is 42.1 cm³/mol. The molecule has 3 heteroatoms. The van der Waals surface area contributed by atoms with Gasteiger partial charge in [0.1, 0.15) is 0 Å². The highest BCUT2D eigenvalue weighted by molar-refractivity contribution is 5.80. The fraction of sp³-hybridized carbons (Fsp3) is 0.375. The Hall–Kier alpha value is -1.25. The minimum absolute atomic E-state index is 0.735. The van der Waals surface area contributed by atoms with Crippen LogP contribution < -0.4 is 5.32 Å². The smallest absolute Gasteiger partial charge is 0.330 e. The number of allylic oxidation sites excluding steroid dienone is 2. The Morgan fingerprint density at radius 1 is 1.64 bits per heavy atom. The topological polar surface area (TPSA) is 49.3 Å². The third-order valence-electron chi connectivity index (χ3n) is 1.49. The van der Waals surface area contributed by atoms with E-state index in [9.17, 15) is 4.79 Å². The number of carbonyl (C=O) groups is 1. The molecule has 0 atom stereocenters. The molecule has 1 heterocycles. The molecule has 0 bridgehead atoms. The first-order valence-corrected chi connectivity index (χ1v) is 3.61. The molecule has 0 saturated carbocycles. The highest BCUT2D eigenvalue weighted by atomic mass is 16.4. The zero-order chi connectivity index (χ0) is 8.10. The summed E-state index contributed by atoms with van der Waals surface area (Å²) in [5.41, 5.74) is 0.808. The van der Waals surface area contributed by atoms with Gasteiger partial charge in [0.2, 0.25) is 0 Å². The normalized spacial score (nSPS) is 20.9. The van der Waals surface area contributed by atoms with Crippen molar-refractivity contribution in [3.8, 4) is 0 Å². The molecule has 11 heavy (non-hydrogen) atoms. The van der Waals surface area contributed by atoms with Crippen molar-refractivity contribution >= 4 is 5.97 Å². The van der Waals surface area contributed by atoms with Gasteiger partial charge in [0.15, 0.2) is 0 Å². The van der Waals surface area contributed by atoms with Gasteiger partial charge in [-0.2, -0.15) is 0 Å². The molecule has 60 valence electrons. The van der Waals surface area contributed by atoms with Gasteiger partial charge < -0.3 is 10.4 Å². The van der Waals surface area contributed by atoms with Gasteiger partial charge in [0, 0.05) is 18.3 Å². The SMILES string of the molecule is O=C(O)/C=C1/CCC=CCN1. The molecule has 0 saturated heterocycles. The molecule has 0 aromatic carbocycles. The zero-order valence-corrected chi connectivity index (χ0v) is 6.21. The average Bonchev–Trinajstić information content (AvgIpc) is 2.14. The van der Waals surface area contributed by atoms with E-state index >= 15 is 0 Å². The molecular weight excluding hydrogens is 142 g/mol. The van der Waals surface area contributed by atoms with Gasteiger partial charge in [-0.15, -0.1) is 0 Å². The number of rotatable bonds is 1. The van der Waals surface area contributed by atoms with Crippen LogP contribution in [0.25, 0.3) is 0 Å². The molecule has 0 radical (unpaired) electrons. The second-order valence-corrected chi connectivity index (χ2v) is 2.40. The van der Waals surface area contributed by atoms with E-state index in [1.54, 1.807) is 0 Å². The Bertz CT molecular complexity index is 194. The average molecular weight is 153 g/mol. The van der Waals surface area contributed by atoms with Crippen LogP contribution >= 0.6 is 0 Å². The molecule has 3 nitrogen and oxygen atoms in total. The van der Waals surface area contributed by atoms with Crippen molar-refractivity contribution in [3.63, 3.8) is 0 Å². The van der Waals surface area contributed by atoms with Crippen LogP contribution in [-0.2, 0) is 4.79 Å². The van der Waals surface area contributed by atoms with Crippen LogP contribution in [0.2, 0.25) is 0 Å². The largest absolute Gasteiger partial charge is 0.478 e. The molecule has 1 aliphatic rings. The van der Waals surface area contributed by atoms with E-state index in [0.29, 0.717) is 0 Å². The van der Waals surface area contributed by atoms with Gasteiger partial charge in [-0.3, -0.25) is 0 Å². The lowest BCUT2D eigenvalue weighted by atomic mass is 10.2. The second kappa shape index (κ2) is 3.81. The fourth-order valence-corrected chi connectivity index (χ4v) is 0.991. The number of carboxylic acid groups (broad SMARTS) is 1. The van der Waals surface area contributed by atoms with Crippen LogP contribution in [0.5, 0.6) is 0 Å². The third kappa shape index (κ3) is 2.89. The van der Waals surface area contributed by atoms with Gasteiger partial charge in [-0.25, -0.2) is 4.79 Å². The number of aliphatic carboxylic acids is 1. The maximum atomic E-state index is 10.2. The van der Waals surface area contributed by atoms with Crippen LogP contribution in [0.4, 0.5) is 0 Å². The van der Waals surface area contributed by atoms with E-state index in [2.05, 4.69) is 11.4 Å². The van der Waals surface area contributed by atoms with Crippen LogP contribution in [0, 0.1) is 0 Å². The van der Waals surface area contributed by atoms with Crippen molar-refractivity contribution in [2.45, 2.75) is 12.8 Å². The Morgan fingerprint density at radius 2 is 2.45 bits per heavy atom. The fourth-order valence-electron chi connectivity index (χ4n) is 0.991. The van der Waals surface area contributed by atoms with Gasteiger partial charge in [-0.1, -0.05) is 12.2 Å². The quantitative estimate of drug-likeness (QED) is 0.434. The Balaban J connectivity index is 2.53. The summed E-state index contributed by atoms with van der Waals surface area (Å²) in [5.74, 6) is -0.880. The minimum Gasteiger partial charge on any atom is -0.478 e. The minimum atomic E-state index is -0.880. The summed E-state index contributed by atoms with van der Waals surface area (Å²) in [6.45, 7) is 0.735. The van der Waals surface area contributed by atoms with Crippen LogP contribution in [0.1, 0.15) is 12.8 Å². The molecule has 0 fully saturated rings. The Labute approximate surface area is 65.4 Å². The highest BCUT2D eigenvalue weighted by Gasteiger charge is 2.00. The summed E-state index contributed by atoms with van der Waals surface area (Å²) >= 11 is 0. The number of hydrogen-bond donors (Lipinski definition) is 2. The van der Waals surface area contributed by atoms with Crippen molar-refractivity contribution in [1.82, 2.24) is 5.32 Å². The first-order chi connectivity index (χ1) is 5.29. The number of hydrogen-bond acceptors (Lipinski definition) is 2. The van der Waals surface area contributed by atoms with E-state index in [-0.39, 0.29) is 0 Å². The third-order valence-corrected chi connectivity index (χ3v) is 1.49. The first kappa shape index (κ1) is 7.85. The monoisotopic (exact) mass is 153 g/mol. The van der Waals surface area contributed by atoms with Crippen molar-refractivity contribution < 1.29 is 9.90 Å². The molecule has 0 aromatic heterocycles. The van der Waals surface area contributed by atoms with Crippen molar-refractivity contribution in [2.24, 2.45) is 0 Å². The lowest BCUT2D eigenvalue weighted by Gasteiger charge is -2.02. The molecule has 0 unspecified atom stereocenters. The summed E-state index contributed by atoms with van der Waals surface area (Å²) in [5, 5.41) is 11.4. The Morgan fingerprint density at radius 3 is 3.18 bits per heavy atom. The standard InChI is InChI=1S/C8H11NO2/c10-8(11)6-7-4-2-1-3-5-9-7/h1,3,6,9H,2,4-5H2,(H,10,11)/b7-6-. The maximum Gasteiger partial charge on any atom is 0.330 e.